The van der Waals surface area contributed by atoms with Gasteiger partial charge in [-0.05, 0) is 51.2 Å². The molecule has 0 saturated carbocycles. The van der Waals surface area contributed by atoms with E-state index in [-0.39, 0.29) is 11.3 Å². The van der Waals surface area contributed by atoms with Crippen molar-refractivity contribution in [3.05, 3.63) is 71.5 Å². The average molecular weight is 348 g/mol. The molecule has 0 fully saturated rings. The highest BCUT2D eigenvalue weighted by Crippen LogP contribution is 2.21. The van der Waals surface area contributed by atoms with Crippen LogP contribution in [0.5, 0.6) is 0 Å². The summed E-state index contributed by atoms with van der Waals surface area (Å²) >= 11 is 0. The molecule has 7 heteroatoms. The van der Waals surface area contributed by atoms with Gasteiger partial charge in [0.05, 0.1) is 11.9 Å². The van der Waals surface area contributed by atoms with Crippen molar-refractivity contribution in [2.24, 2.45) is 5.10 Å². The summed E-state index contributed by atoms with van der Waals surface area (Å²) < 4.78 is 1.51. The van der Waals surface area contributed by atoms with Crippen molar-refractivity contribution in [3.63, 3.8) is 0 Å². The number of carbonyl (C=O) groups is 1. The first-order chi connectivity index (χ1) is 12.4. The van der Waals surface area contributed by atoms with Gasteiger partial charge in [-0.15, -0.1) is 5.10 Å². The maximum Gasteiger partial charge on any atom is 0.271 e. The topological polar surface area (TPSA) is 85.1 Å². The third-order valence-electron chi connectivity index (χ3n) is 3.90. The molecular formula is C19H20N6O. The van der Waals surface area contributed by atoms with Crippen LogP contribution in [0.4, 0.5) is 0 Å². The summed E-state index contributed by atoms with van der Waals surface area (Å²) in [7, 11) is 0. The predicted octanol–water partition coefficient (Wildman–Crippen LogP) is 2.72. The highest BCUT2D eigenvalue weighted by atomic mass is 16.2. The molecule has 0 spiro atoms. The summed E-state index contributed by atoms with van der Waals surface area (Å²) in [4.78, 5) is 12.1. The molecule has 0 bridgehead atoms. The van der Waals surface area contributed by atoms with Gasteiger partial charge in [0.15, 0.2) is 0 Å². The van der Waals surface area contributed by atoms with Crippen LogP contribution in [0.25, 0.3) is 5.69 Å². The molecule has 0 atom stereocenters. The van der Waals surface area contributed by atoms with Gasteiger partial charge in [0.1, 0.15) is 6.33 Å². The van der Waals surface area contributed by atoms with Crippen molar-refractivity contribution < 1.29 is 4.79 Å². The lowest BCUT2D eigenvalue weighted by molar-refractivity contribution is 0.0955. The molecule has 0 unspecified atom stereocenters. The van der Waals surface area contributed by atoms with Crippen LogP contribution in [0, 0.1) is 0 Å². The molecule has 3 aromatic rings. The number of nitrogens with one attached hydrogen (secondary N) is 1. The fourth-order valence-electron chi connectivity index (χ4n) is 2.34. The van der Waals surface area contributed by atoms with Gasteiger partial charge in [0.2, 0.25) is 0 Å². The fourth-order valence-corrected chi connectivity index (χ4v) is 2.34. The summed E-state index contributed by atoms with van der Waals surface area (Å²) in [5.74, 6) is -0.282. The van der Waals surface area contributed by atoms with Crippen molar-refractivity contribution in [2.45, 2.75) is 26.2 Å². The zero-order valence-corrected chi connectivity index (χ0v) is 14.9. The Balaban J connectivity index is 1.60. The second-order valence-electron chi connectivity index (χ2n) is 6.87. The van der Waals surface area contributed by atoms with Crippen LogP contribution in [0.2, 0.25) is 0 Å². The largest absolute Gasteiger partial charge is 0.271 e. The Morgan fingerprint density at radius 2 is 1.77 bits per heavy atom. The molecule has 1 aromatic heterocycles. The molecule has 0 saturated heterocycles. The molecule has 1 amide bonds. The van der Waals surface area contributed by atoms with E-state index >= 15 is 0 Å². The van der Waals surface area contributed by atoms with E-state index in [0.29, 0.717) is 5.56 Å². The third kappa shape index (κ3) is 4.18. The summed E-state index contributed by atoms with van der Waals surface area (Å²) in [5, 5.41) is 15.0. The number of rotatable bonds is 4. The van der Waals surface area contributed by atoms with Crippen molar-refractivity contribution in [3.8, 4) is 5.69 Å². The van der Waals surface area contributed by atoms with Crippen molar-refractivity contribution >= 4 is 12.1 Å². The fraction of sp³-hybridized carbons (Fsp3) is 0.211. The normalized spacial score (nSPS) is 11.7. The summed E-state index contributed by atoms with van der Waals surface area (Å²) in [6.45, 7) is 6.50. The van der Waals surface area contributed by atoms with Gasteiger partial charge in [-0.25, -0.2) is 10.1 Å². The second-order valence-corrected chi connectivity index (χ2v) is 6.87. The van der Waals surface area contributed by atoms with Gasteiger partial charge >= 0.3 is 0 Å². The molecule has 0 radical (unpaired) electrons. The number of hydrogen-bond acceptors (Lipinski definition) is 5. The average Bonchev–Trinajstić information content (AvgIpc) is 3.16. The maximum absolute atomic E-state index is 12.1. The molecule has 3 rings (SSSR count). The first-order valence-electron chi connectivity index (χ1n) is 8.21. The van der Waals surface area contributed by atoms with Crippen LogP contribution in [-0.2, 0) is 5.41 Å². The minimum absolute atomic E-state index is 0.109. The van der Waals surface area contributed by atoms with E-state index in [4.69, 9.17) is 0 Å². The van der Waals surface area contributed by atoms with E-state index in [1.165, 1.54) is 16.6 Å². The summed E-state index contributed by atoms with van der Waals surface area (Å²) in [6.07, 6.45) is 3.12. The monoisotopic (exact) mass is 348 g/mol. The van der Waals surface area contributed by atoms with Gasteiger partial charge in [-0.3, -0.25) is 4.79 Å². The Morgan fingerprint density at radius 1 is 1.08 bits per heavy atom. The van der Waals surface area contributed by atoms with E-state index in [0.717, 1.165) is 11.3 Å². The highest BCUT2D eigenvalue weighted by Gasteiger charge is 2.12. The van der Waals surface area contributed by atoms with Crippen LogP contribution in [-0.4, -0.2) is 32.3 Å². The third-order valence-corrected chi connectivity index (χ3v) is 3.90. The van der Waals surface area contributed by atoms with Gasteiger partial charge in [0, 0.05) is 5.56 Å². The minimum Gasteiger partial charge on any atom is -0.267 e. The SMILES string of the molecule is CC(C)(C)c1ccc(/C=N/NC(=O)c2ccc(-n3cnnn3)cc2)cc1. The number of amides is 1. The second kappa shape index (κ2) is 7.26. The standard InChI is InChI=1S/C19H20N6O/c1-19(2,3)16-8-4-14(5-9-16)12-20-22-18(26)15-6-10-17(11-7-15)25-13-21-23-24-25/h4-13H,1-3H3,(H,22,26)/b20-12+. The molecule has 0 aliphatic carbocycles. The molecule has 26 heavy (non-hydrogen) atoms. The number of tetrazole rings is 1. The number of hydrogen-bond donors (Lipinski definition) is 1. The molecule has 1 N–H and O–H groups in total. The van der Waals surface area contributed by atoms with Crippen LogP contribution < -0.4 is 5.43 Å². The summed E-state index contributed by atoms with van der Waals surface area (Å²) in [6, 6.07) is 15.0. The minimum atomic E-state index is -0.282. The van der Waals surface area contributed by atoms with Gasteiger partial charge in [0.25, 0.3) is 5.91 Å². The lowest BCUT2D eigenvalue weighted by atomic mass is 9.87. The molecular weight excluding hydrogens is 328 g/mol. The van der Waals surface area contributed by atoms with E-state index in [2.05, 4.69) is 59.0 Å². The Morgan fingerprint density at radius 3 is 2.35 bits per heavy atom. The van der Waals surface area contributed by atoms with Crippen LogP contribution in [0.1, 0.15) is 42.3 Å². The molecule has 0 aliphatic rings. The van der Waals surface area contributed by atoms with Crippen molar-refractivity contribution in [1.29, 1.82) is 0 Å². The molecule has 2 aromatic carbocycles. The molecule has 7 nitrogen and oxygen atoms in total. The quantitative estimate of drug-likeness (QED) is 0.580. The summed E-state index contributed by atoms with van der Waals surface area (Å²) in [5.41, 5.74) is 6.09. The zero-order valence-electron chi connectivity index (χ0n) is 14.9. The first-order valence-corrected chi connectivity index (χ1v) is 8.21. The van der Waals surface area contributed by atoms with Crippen LogP contribution in [0.15, 0.2) is 60.0 Å². The van der Waals surface area contributed by atoms with Crippen molar-refractivity contribution in [2.75, 3.05) is 0 Å². The molecule has 0 aliphatic heterocycles. The Kier molecular flexibility index (Phi) is 4.88. The number of benzene rings is 2. The number of hydrazone groups is 1. The Labute approximate surface area is 151 Å². The Hall–Kier alpha value is -3.35. The maximum atomic E-state index is 12.1. The lowest BCUT2D eigenvalue weighted by Crippen LogP contribution is -2.17. The highest BCUT2D eigenvalue weighted by molar-refractivity contribution is 5.95. The smallest absolute Gasteiger partial charge is 0.267 e. The number of aromatic nitrogens is 4. The van der Waals surface area contributed by atoms with E-state index in [9.17, 15) is 4.79 Å². The number of carbonyl (C=O) groups excluding carboxylic acids is 1. The van der Waals surface area contributed by atoms with Crippen LogP contribution >= 0.6 is 0 Å². The van der Waals surface area contributed by atoms with Crippen LogP contribution in [0.3, 0.4) is 0 Å². The molecule has 1 heterocycles. The van der Waals surface area contributed by atoms with E-state index in [1.54, 1.807) is 30.5 Å². The van der Waals surface area contributed by atoms with E-state index in [1.807, 2.05) is 12.1 Å². The zero-order chi connectivity index (χ0) is 18.6. The Bertz CT molecular complexity index is 891. The van der Waals surface area contributed by atoms with Gasteiger partial charge in [-0.2, -0.15) is 5.10 Å². The van der Waals surface area contributed by atoms with Gasteiger partial charge < -0.3 is 0 Å². The molecule has 132 valence electrons. The van der Waals surface area contributed by atoms with E-state index < -0.39 is 0 Å². The predicted molar refractivity (Wildman–Crippen MR) is 99.4 cm³/mol. The lowest BCUT2D eigenvalue weighted by Gasteiger charge is -2.18. The van der Waals surface area contributed by atoms with Gasteiger partial charge in [-0.1, -0.05) is 45.0 Å². The number of nitrogens with zero attached hydrogens (tertiary/aromatic N) is 5. The first kappa shape index (κ1) is 17.5. The van der Waals surface area contributed by atoms with Crippen molar-refractivity contribution in [1.82, 2.24) is 25.6 Å².